The van der Waals surface area contributed by atoms with Crippen molar-refractivity contribution in [3.8, 4) is 0 Å². The lowest BCUT2D eigenvalue weighted by Gasteiger charge is -2.30. The first kappa shape index (κ1) is 18.4. The summed E-state index contributed by atoms with van der Waals surface area (Å²) in [5.74, 6) is 1.13. The molecule has 0 saturated heterocycles. The van der Waals surface area contributed by atoms with Crippen LogP contribution in [-0.2, 0) is 6.54 Å². The Kier molecular flexibility index (Phi) is 8.93. The van der Waals surface area contributed by atoms with Crippen LogP contribution in [0.2, 0.25) is 0 Å². The van der Waals surface area contributed by atoms with E-state index in [4.69, 9.17) is 4.98 Å². The van der Waals surface area contributed by atoms with Gasteiger partial charge in [0, 0.05) is 35.4 Å². The molecule has 0 fully saturated rings. The second-order valence-electron chi connectivity index (χ2n) is 5.81. The summed E-state index contributed by atoms with van der Waals surface area (Å²) in [6.45, 7) is 11.9. The number of halogens is 1. The summed E-state index contributed by atoms with van der Waals surface area (Å²) in [5, 5.41) is 3.49. The Balaban J connectivity index is 2.88. The van der Waals surface area contributed by atoms with Crippen molar-refractivity contribution in [3.63, 3.8) is 0 Å². The van der Waals surface area contributed by atoms with E-state index in [1.165, 1.54) is 24.8 Å². The van der Waals surface area contributed by atoms with E-state index in [-0.39, 0.29) is 0 Å². The zero-order valence-corrected chi connectivity index (χ0v) is 15.5. The topological polar surface area (TPSA) is 28.2 Å². The fraction of sp³-hybridized carbons (Fsp3) is 0.706. The molecule has 21 heavy (non-hydrogen) atoms. The number of nitrogens with one attached hydrogen (secondary N) is 1. The second kappa shape index (κ2) is 10.2. The fourth-order valence-electron chi connectivity index (χ4n) is 2.40. The summed E-state index contributed by atoms with van der Waals surface area (Å²) >= 11 is 3.55. The molecule has 0 aliphatic heterocycles. The third-order valence-corrected chi connectivity index (χ3v) is 3.98. The first-order valence-corrected chi connectivity index (χ1v) is 9.01. The highest BCUT2D eigenvalue weighted by atomic mass is 79.9. The summed E-state index contributed by atoms with van der Waals surface area (Å²) in [5.41, 5.74) is 1.28. The van der Waals surface area contributed by atoms with Gasteiger partial charge in [0.25, 0.3) is 0 Å². The summed E-state index contributed by atoms with van der Waals surface area (Å²) in [4.78, 5) is 7.13. The molecule has 0 atom stereocenters. The van der Waals surface area contributed by atoms with Crippen molar-refractivity contribution in [2.24, 2.45) is 0 Å². The Morgan fingerprint density at radius 1 is 1.24 bits per heavy atom. The smallest absolute Gasteiger partial charge is 0.133 e. The molecule has 0 bridgehead atoms. The third kappa shape index (κ3) is 6.35. The lowest BCUT2D eigenvalue weighted by Crippen LogP contribution is -2.34. The molecule has 0 aromatic carbocycles. The number of anilines is 1. The molecule has 1 aromatic heterocycles. The van der Waals surface area contributed by atoms with Gasteiger partial charge in [0.2, 0.25) is 0 Å². The Labute approximate surface area is 138 Å². The van der Waals surface area contributed by atoms with Gasteiger partial charge in [-0.2, -0.15) is 0 Å². The van der Waals surface area contributed by atoms with Gasteiger partial charge in [-0.1, -0.05) is 26.7 Å². The van der Waals surface area contributed by atoms with Crippen LogP contribution in [-0.4, -0.2) is 24.1 Å². The molecule has 0 amide bonds. The van der Waals surface area contributed by atoms with Gasteiger partial charge in [-0.25, -0.2) is 4.98 Å². The number of rotatable bonds is 10. The highest BCUT2D eigenvalue weighted by molar-refractivity contribution is 9.10. The van der Waals surface area contributed by atoms with E-state index < -0.39 is 0 Å². The minimum absolute atomic E-state index is 0.473. The normalized spacial score (nSPS) is 11.1. The molecule has 0 radical (unpaired) electrons. The van der Waals surface area contributed by atoms with E-state index in [0.717, 1.165) is 36.3 Å². The van der Waals surface area contributed by atoms with Gasteiger partial charge >= 0.3 is 0 Å². The van der Waals surface area contributed by atoms with E-state index in [9.17, 15) is 0 Å². The number of unbranched alkanes of at least 4 members (excludes halogenated alkanes) is 2. The van der Waals surface area contributed by atoms with Crippen LogP contribution < -0.4 is 10.2 Å². The first-order chi connectivity index (χ1) is 10.1. The van der Waals surface area contributed by atoms with Crippen LogP contribution in [0, 0.1) is 0 Å². The van der Waals surface area contributed by atoms with Gasteiger partial charge in [-0.3, -0.25) is 0 Å². The Morgan fingerprint density at radius 3 is 2.62 bits per heavy atom. The van der Waals surface area contributed by atoms with Crippen molar-refractivity contribution in [3.05, 3.63) is 22.3 Å². The Bertz CT molecular complexity index is 407. The average molecular weight is 356 g/mol. The molecular weight excluding hydrogens is 326 g/mol. The summed E-state index contributed by atoms with van der Waals surface area (Å²) in [6.07, 6.45) is 6.83. The number of nitrogens with zero attached hydrogens (tertiary/aromatic N) is 2. The zero-order valence-electron chi connectivity index (χ0n) is 14.0. The Hall–Kier alpha value is -0.610. The molecule has 0 spiro atoms. The summed E-state index contributed by atoms with van der Waals surface area (Å²) in [6, 6.07) is 2.67. The van der Waals surface area contributed by atoms with Crippen molar-refractivity contribution in [2.75, 3.05) is 18.0 Å². The maximum atomic E-state index is 4.70. The predicted octanol–water partition coefficient (Wildman–Crippen LogP) is 4.75. The average Bonchev–Trinajstić information content (AvgIpc) is 2.45. The van der Waals surface area contributed by atoms with Gasteiger partial charge < -0.3 is 10.2 Å². The van der Waals surface area contributed by atoms with E-state index in [1.54, 1.807) is 0 Å². The standard InChI is InChI=1S/C17H30BrN3/c1-5-7-8-10-21(14(3)4)17-15(12-19-9-6-2)11-16(18)13-20-17/h11,13-14,19H,5-10,12H2,1-4H3. The van der Waals surface area contributed by atoms with Gasteiger partial charge in [-0.05, 0) is 55.2 Å². The summed E-state index contributed by atoms with van der Waals surface area (Å²) < 4.78 is 1.05. The monoisotopic (exact) mass is 355 g/mol. The minimum Gasteiger partial charge on any atom is -0.354 e. The number of hydrogen-bond acceptors (Lipinski definition) is 3. The molecule has 1 N–H and O–H groups in total. The number of pyridine rings is 1. The molecule has 1 rings (SSSR count). The molecule has 4 heteroatoms. The minimum atomic E-state index is 0.473. The lowest BCUT2D eigenvalue weighted by atomic mass is 10.1. The highest BCUT2D eigenvalue weighted by Crippen LogP contribution is 2.24. The van der Waals surface area contributed by atoms with E-state index >= 15 is 0 Å². The Morgan fingerprint density at radius 2 is 2.00 bits per heavy atom. The predicted molar refractivity (Wildman–Crippen MR) is 95.9 cm³/mol. The van der Waals surface area contributed by atoms with E-state index in [1.807, 2.05) is 6.20 Å². The van der Waals surface area contributed by atoms with Gasteiger partial charge in [0.15, 0.2) is 0 Å². The van der Waals surface area contributed by atoms with Crippen LogP contribution in [0.25, 0.3) is 0 Å². The molecule has 0 unspecified atom stereocenters. The molecular formula is C17H30BrN3. The van der Waals surface area contributed by atoms with Gasteiger partial charge in [-0.15, -0.1) is 0 Å². The molecule has 120 valence electrons. The van der Waals surface area contributed by atoms with Crippen molar-refractivity contribution >= 4 is 21.7 Å². The molecule has 3 nitrogen and oxygen atoms in total. The highest BCUT2D eigenvalue weighted by Gasteiger charge is 2.16. The molecule has 1 heterocycles. The van der Waals surface area contributed by atoms with E-state index in [0.29, 0.717) is 6.04 Å². The first-order valence-electron chi connectivity index (χ1n) is 8.21. The maximum absolute atomic E-state index is 4.70. The molecule has 0 aliphatic carbocycles. The van der Waals surface area contributed by atoms with Crippen LogP contribution in [0.15, 0.2) is 16.7 Å². The summed E-state index contributed by atoms with van der Waals surface area (Å²) in [7, 11) is 0. The van der Waals surface area contributed by atoms with Crippen molar-refractivity contribution in [1.29, 1.82) is 0 Å². The number of aromatic nitrogens is 1. The largest absolute Gasteiger partial charge is 0.354 e. The van der Waals surface area contributed by atoms with Crippen LogP contribution >= 0.6 is 15.9 Å². The van der Waals surface area contributed by atoms with E-state index in [2.05, 4.69) is 59.9 Å². The second-order valence-corrected chi connectivity index (χ2v) is 6.72. The zero-order chi connectivity index (χ0) is 15.7. The van der Waals surface area contributed by atoms with Crippen LogP contribution in [0.3, 0.4) is 0 Å². The van der Waals surface area contributed by atoms with Crippen LogP contribution in [0.1, 0.15) is 58.9 Å². The molecule has 0 aliphatic rings. The fourth-order valence-corrected chi connectivity index (χ4v) is 2.78. The van der Waals surface area contributed by atoms with Crippen molar-refractivity contribution in [1.82, 2.24) is 10.3 Å². The van der Waals surface area contributed by atoms with Crippen LogP contribution in [0.5, 0.6) is 0 Å². The van der Waals surface area contributed by atoms with Crippen LogP contribution in [0.4, 0.5) is 5.82 Å². The SMILES string of the molecule is CCCCCN(c1ncc(Br)cc1CNCCC)C(C)C. The molecule has 0 saturated carbocycles. The lowest BCUT2D eigenvalue weighted by molar-refractivity contribution is 0.610. The van der Waals surface area contributed by atoms with Crippen molar-refractivity contribution < 1.29 is 0 Å². The quantitative estimate of drug-likeness (QED) is 0.613. The molecule has 1 aromatic rings. The number of hydrogen-bond donors (Lipinski definition) is 1. The van der Waals surface area contributed by atoms with Gasteiger partial charge in [0.1, 0.15) is 5.82 Å². The third-order valence-electron chi connectivity index (χ3n) is 3.55. The maximum Gasteiger partial charge on any atom is 0.133 e. The van der Waals surface area contributed by atoms with Gasteiger partial charge in [0.05, 0.1) is 0 Å². The van der Waals surface area contributed by atoms with Crippen molar-refractivity contribution in [2.45, 2.75) is 66.0 Å².